The van der Waals surface area contributed by atoms with E-state index in [0.29, 0.717) is 24.5 Å². The minimum Gasteiger partial charge on any atom is -0.456 e. The van der Waals surface area contributed by atoms with Gasteiger partial charge in [-0.2, -0.15) is 4.31 Å². The number of nitrogens with one attached hydrogen (secondary N) is 1. The number of amides is 1. The second kappa shape index (κ2) is 7.38. The summed E-state index contributed by atoms with van der Waals surface area (Å²) in [6.07, 6.45) is 0. The number of halogens is 1. The lowest BCUT2D eigenvalue weighted by Gasteiger charge is -2.19. The minimum atomic E-state index is -3.72. The van der Waals surface area contributed by atoms with Gasteiger partial charge in [-0.15, -0.1) is 0 Å². The number of anilines is 1. The molecule has 1 aromatic carbocycles. The molecule has 1 aromatic heterocycles. The standard InChI is InChI=1S/C16H19ClN2O4S/c1-4-19(5-2)24(21,22)15-10-12(7-8-13(15)17)18-16(20)14-9-6-11(3)23-14/h6-10H,4-5H2,1-3H3,(H,18,20). The number of sulfonamides is 1. The van der Waals surface area contributed by atoms with Gasteiger partial charge in [0, 0.05) is 18.8 Å². The summed E-state index contributed by atoms with van der Waals surface area (Å²) in [5.74, 6) is 0.299. The van der Waals surface area contributed by atoms with Crippen LogP contribution < -0.4 is 5.32 Å². The van der Waals surface area contributed by atoms with Crippen molar-refractivity contribution in [1.82, 2.24) is 4.31 Å². The molecule has 0 bridgehead atoms. The predicted molar refractivity (Wildman–Crippen MR) is 93.0 cm³/mol. The van der Waals surface area contributed by atoms with Gasteiger partial charge < -0.3 is 9.73 Å². The summed E-state index contributed by atoms with van der Waals surface area (Å²) in [6.45, 7) is 5.89. The average Bonchev–Trinajstić information content (AvgIpc) is 2.96. The third-order valence-electron chi connectivity index (χ3n) is 3.48. The first-order valence-electron chi connectivity index (χ1n) is 7.47. The number of benzene rings is 1. The van der Waals surface area contributed by atoms with Gasteiger partial charge in [0.2, 0.25) is 10.0 Å². The highest BCUT2D eigenvalue weighted by Gasteiger charge is 2.25. The second-order valence-corrected chi connectivity index (χ2v) is 7.41. The zero-order valence-corrected chi connectivity index (χ0v) is 15.2. The van der Waals surface area contributed by atoms with E-state index in [1.165, 1.54) is 22.5 Å². The van der Waals surface area contributed by atoms with Crippen molar-refractivity contribution in [2.24, 2.45) is 0 Å². The van der Waals surface area contributed by atoms with Crippen molar-refractivity contribution in [3.05, 3.63) is 46.9 Å². The smallest absolute Gasteiger partial charge is 0.291 e. The molecule has 0 aliphatic carbocycles. The van der Waals surface area contributed by atoms with Crippen LogP contribution in [-0.2, 0) is 10.0 Å². The zero-order valence-electron chi connectivity index (χ0n) is 13.7. The number of hydrogen-bond acceptors (Lipinski definition) is 4. The number of furan rings is 1. The van der Waals surface area contributed by atoms with Crippen molar-refractivity contribution >= 4 is 33.2 Å². The van der Waals surface area contributed by atoms with E-state index in [2.05, 4.69) is 5.32 Å². The molecule has 1 N–H and O–H groups in total. The Kier molecular flexibility index (Phi) is 5.69. The molecular formula is C16H19ClN2O4S. The number of nitrogens with zero attached hydrogens (tertiary/aromatic N) is 1. The van der Waals surface area contributed by atoms with Gasteiger partial charge in [-0.25, -0.2) is 8.42 Å². The third-order valence-corrected chi connectivity index (χ3v) is 6.01. The summed E-state index contributed by atoms with van der Waals surface area (Å²) in [4.78, 5) is 12.1. The molecule has 0 aliphatic rings. The van der Waals surface area contributed by atoms with Gasteiger partial charge in [0.05, 0.1) is 5.02 Å². The number of hydrogen-bond donors (Lipinski definition) is 1. The molecule has 130 valence electrons. The van der Waals surface area contributed by atoms with E-state index in [9.17, 15) is 13.2 Å². The molecule has 24 heavy (non-hydrogen) atoms. The quantitative estimate of drug-likeness (QED) is 0.843. The molecule has 0 saturated carbocycles. The van der Waals surface area contributed by atoms with Crippen molar-refractivity contribution in [3.8, 4) is 0 Å². The molecule has 0 radical (unpaired) electrons. The van der Waals surface area contributed by atoms with Crippen LogP contribution in [0.25, 0.3) is 0 Å². The van der Waals surface area contributed by atoms with Crippen molar-refractivity contribution in [3.63, 3.8) is 0 Å². The SMILES string of the molecule is CCN(CC)S(=O)(=O)c1cc(NC(=O)c2ccc(C)o2)ccc1Cl. The molecule has 6 nitrogen and oxygen atoms in total. The number of rotatable bonds is 6. The first-order valence-corrected chi connectivity index (χ1v) is 9.28. The van der Waals surface area contributed by atoms with Crippen molar-refractivity contribution in [2.75, 3.05) is 18.4 Å². The highest BCUT2D eigenvalue weighted by atomic mass is 35.5. The highest BCUT2D eigenvalue weighted by Crippen LogP contribution is 2.28. The predicted octanol–water partition coefficient (Wildman–Crippen LogP) is 3.52. The number of aryl methyl sites for hydroxylation is 1. The lowest BCUT2D eigenvalue weighted by molar-refractivity contribution is 0.0995. The molecule has 0 aliphatic heterocycles. The van der Waals surface area contributed by atoms with E-state index in [4.69, 9.17) is 16.0 Å². The maximum Gasteiger partial charge on any atom is 0.291 e. The molecule has 0 saturated heterocycles. The fourth-order valence-electron chi connectivity index (χ4n) is 2.23. The van der Waals surface area contributed by atoms with Crippen LogP contribution in [-0.4, -0.2) is 31.7 Å². The van der Waals surface area contributed by atoms with Gasteiger partial charge in [0.25, 0.3) is 5.91 Å². The summed E-state index contributed by atoms with van der Waals surface area (Å²) in [5.41, 5.74) is 0.323. The lowest BCUT2D eigenvalue weighted by atomic mass is 10.3. The Bertz CT molecular complexity index is 842. The Morgan fingerprint density at radius 2 is 1.88 bits per heavy atom. The summed E-state index contributed by atoms with van der Waals surface area (Å²) in [6, 6.07) is 7.56. The van der Waals surface area contributed by atoms with Crippen molar-refractivity contribution in [2.45, 2.75) is 25.7 Å². The fraction of sp³-hybridized carbons (Fsp3) is 0.312. The Balaban J connectivity index is 2.33. The van der Waals surface area contributed by atoms with Crippen LogP contribution >= 0.6 is 11.6 Å². The summed E-state index contributed by atoms with van der Waals surface area (Å²) < 4.78 is 31.8. The van der Waals surface area contributed by atoms with Crippen LogP contribution in [0.1, 0.15) is 30.2 Å². The molecule has 8 heteroatoms. The molecule has 0 fully saturated rings. The van der Waals surface area contributed by atoms with E-state index in [1.807, 2.05) is 0 Å². The van der Waals surface area contributed by atoms with Gasteiger partial charge in [-0.1, -0.05) is 25.4 Å². The minimum absolute atomic E-state index is 0.0405. The molecule has 1 heterocycles. The largest absolute Gasteiger partial charge is 0.456 e. The van der Waals surface area contributed by atoms with Crippen LogP contribution in [0.5, 0.6) is 0 Å². The van der Waals surface area contributed by atoms with Gasteiger partial charge in [-0.3, -0.25) is 4.79 Å². The van der Waals surface area contributed by atoms with Crippen molar-refractivity contribution in [1.29, 1.82) is 0 Å². The van der Waals surface area contributed by atoms with Gasteiger partial charge in [0.15, 0.2) is 5.76 Å². The topological polar surface area (TPSA) is 79.6 Å². The van der Waals surface area contributed by atoms with E-state index in [-0.39, 0.29) is 15.7 Å². The normalized spacial score (nSPS) is 11.7. The Hall–Kier alpha value is -1.83. The molecule has 0 unspecified atom stereocenters. The highest BCUT2D eigenvalue weighted by molar-refractivity contribution is 7.89. The Morgan fingerprint density at radius 3 is 2.42 bits per heavy atom. The van der Waals surface area contributed by atoms with E-state index in [0.717, 1.165) is 0 Å². The Morgan fingerprint density at radius 1 is 1.21 bits per heavy atom. The third kappa shape index (κ3) is 3.80. The van der Waals surface area contributed by atoms with Crippen LogP contribution in [0.15, 0.2) is 39.6 Å². The molecule has 0 spiro atoms. The lowest BCUT2D eigenvalue weighted by Crippen LogP contribution is -2.30. The van der Waals surface area contributed by atoms with Gasteiger partial charge in [0.1, 0.15) is 10.7 Å². The monoisotopic (exact) mass is 370 g/mol. The van der Waals surface area contributed by atoms with Crippen molar-refractivity contribution < 1.29 is 17.6 Å². The first-order chi connectivity index (χ1) is 11.3. The van der Waals surface area contributed by atoms with E-state index >= 15 is 0 Å². The second-order valence-electron chi connectivity index (χ2n) is 5.10. The zero-order chi connectivity index (χ0) is 17.9. The summed E-state index contributed by atoms with van der Waals surface area (Å²) >= 11 is 6.06. The van der Waals surface area contributed by atoms with Crippen LogP contribution in [0, 0.1) is 6.92 Å². The van der Waals surface area contributed by atoms with Crippen LogP contribution in [0.2, 0.25) is 5.02 Å². The first kappa shape index (κ1) is 18.5. The Labute approximate surface area is 146 Å². The molecule has 2 rings (SSSR count). The van der Waals surface area contributed by atoms with E-state index in [1.54, 1.807) is 32.9 Å². The molecule has 0 atom stereocenters. The van der Waals surface area contributed by atoms with E-state index < -0.39 is 15.9 Å². The van der Waals surface area contributed by atoms with Crippen LogP contribution in [0.4, 0.5) is 5.69 Å². The maximum absolute atomic E-state index is 12.6. The number of carbonyl (C=O) groups is 1. The number of carbonyl (C=O) groups excluding carboxylic acids is 1. The molecular weight excluding hydrogens is 352 g/mol. The molecule has 1 amide bonds. The fourth-order valence-corrected chi connectivity index (χ4v) is 4.19. The van der Waals surface area contributed by atoms with Gasteiger partial charge in [-0.05, 0) is 37.3 Å². The average molecular weight is 371 g/mol. The van der Waals surface area contributed by atoms with Gasteiger partial charge >= 0.3 is 0 Å². The summed E-state index contributed by atoms with van der Waals surface area (Å²) in [5, 5.41) is 2.72. The maximum atomic E-state index is 12.6. The summed E-state index contributed by atoms with van der Waals surface area (Å²) in [7, 11) is -3.72. The van der Waals surface area contributed by atoms with Crippen LogP contribution in [0.3, 0.4) is 0 Å². The molecule has 2 aromatic rings.